The molecule has 0 spiro atoms. The first-order chi connectivity index (χ1) is 9.90. The van der Waals surface area contributed by atoms with Crippen LogP contribution in [-0.4, -0.2) is 40.6 Å². The van der Waals surface area contributed by atoms with Crippen LogP contribution >= 0.6 is 0 Å². The SMILES string of the molecule is CC(C)(C)OC(=O)N1CC/C(=N/O)C(c2ccccc2)C1. The Balaban J connectivity index is 2.14. The number of hydrogen-bond acceptors (Lipinski definition) is 4. The molecule has 1 unspecified atom stereocenters. The smallest absolute Gasteiger partial charge is 0.410 e. The number of carbonyl (C=O) groups excluding carboxylic acids is 1. The number of oxime groups is 1. The molecule has 21 heavy (non-hydrogen) atoms. The van der Waals surface area contributed by atoms with Gasteiger partial charge in [-0.25, -0.2) is 4.79 Å². The highest BCUT2D eigenvalue weighted by Crippen LogP contribution is 2.26. The number of nitrogens with zero attached hydrogens (tertiary/aromatic N) is 2. The third-order valence-electron chi connectivity index (χ3n) is 3.43. The number of ether oxygens (including phenoxy) is 1. The summed E-state index contributed by atoms with van der Waals surface area (Å²) in [5, 5.41) is 12.6. The molecule has 1 N–H and O–H groups in total. The van der Waals surface area contributed by atoms with Gasteiger partial charge in [-0.05, 0) is 26.3 Å². The topological polar surface area (TPSA) is 62.1 Å². The van der Waals surface area contributed by atoms with Crippen LogP contribution in [0.2, 0.25) is 0 Å². The van der Waals surface area contributed by atoms with Crippen LogP contribution in [0.4, 0.5) is 4.79 Å². The third-order valence-corrected chi connectivity index (χ3v) is 3.43. The second kappa shape index (κ2) is 6.16. The van der Waals surface area contributed by atoms with Crippen molar-refractivity contribution in [3.05, 3.63) is 35.9 Å². The summed E-state index contributed by atoms with van der Waals surface area (Å²) in [6.45, 7) is 6.54. The van der Waals surface area contributed by atoms with Gasteiger partial charge in [0, 0.05) is 25.4 Å². The van der Waals surface area contributed by atoms with Gasteiger partial charge < -0.3 is 14.8 Å². The second-order valence-electron chi connectivity index (χ2n) is 6.23. The van der Waals surface area contributed by atoms with Gasteiger partial charge in [0.25, 0.3) is 0 Å². The number of likely N-dealkylation sites (tertiary alicyclic amines) is 1. The van der Waals surface area contributed by atoms with Crippen molar-refractivity contribution < 1.29 is 14.7 Å². The zero-order valence-corrected chi connectivity index (χ0v) is 12.7. The van der Waals surface area contributed by atoms with E-state index in [2.05, 4.69) is 5.16 Å². The Kier molecular flexibility index (Phi) is 4.50. The summed E-state index contributed by atoms with van der Waals surface area (Å²) in [5.41, 5.74) is 1.24. The van der Waals surface area contributed by atoms with E-state index in [-0.39, 0.29) is 12.0 Å². The van der Waals surface area contributed by atoms with Gasteiger partial charge in [0.15, 0.2) is 0 Å². The molecule has 1 aliphatic heterocycles. The summed E-state index contributed by atoms with van der Waals surface area (Å²) in [6.07, 6.45) is 0.232. The molecular weight excluding hydrogens is 268 g/mol. The molecule has 1 saturated heterocycles. The fourth-order valence-corrected chi connectivity index (χ4v) is 2.44. The van der Waals surface area contributed by atoms with Crippen molar-refractivity contribution in [1.29, 1.82) is 0 Å². The normalized spacial score (nSPS) is 21.4. The van der Waals surface area contributed by atoms with Gasteiger partial charge >= 0.3 is 6.09 Å². The fourth-order valence-electron chi connectivity index (χ4n) is 2.44. The van der Waals surface area contributed by atoms with Crippen molar-refractivity contribution >= 4 is 11.8 Å². The molecule has 1 fully saturated rings. The van der Waals surface area contributed by atoms with Crippen molar-refractivity contribution in [3.8, 4) is 0 Å². The predicted molar refractivity (Wildman–Crippen MR) is 80.8 cm³/mol. The number of hydrogen-bond donors (Lipinski definition) is 1. The minimum Gasteiger partial charge on any atom is -0.444 e. The van der Waals surface area contributed by atoms with Crippen LogP contribution in [0.1, 0.15) is 38.7 Å². The molecule has 1 heterocycles. The van der Waals surface area contributed by atoms with Gasteiger partial charge in [-0.2, -0.15) is 0 Å². The van der Waals surface area contributed by atoms with Crippen LogP contribution in [0.3, 0.4) is 0 Å². The lowest BCUT2D eigenvalue weighted by molar-refractivity contribution is 0.0238. The van der Waals surface area contributed by atoms with E-state index in [1.54, 1.807) is 4.90 Å². The summed E-state index contributed by atoms with van der Waals surface area (Å²) in [7, 11) is 0. The number of carbonyl (C=O) groups is 1. The van der Waals surface area contributed by atoms with Crippen molar-refractivity contribution in [2.75, 3.05) is 13.1 Å². The number of piperidine rings is 1. The molecule has 5 heteroatoms. The maximum atomic E-state index is 12.2. The largest absolute Gasteiger partial charge is 0.444 e. The minimum atomic E-state index is -0.509. The lowest BCUT2D eigenvalue weighted by Gasteiger charge is -2.34. The second-order valence-corrected chi connectivity index (χ2v) is 6.23. The van der Waals surface area contributed by atoms with Crippen LogP contribution in [-0.2, 0) is 4.74 Å². The van der Waals surface area contributed by atoms with Crippen molar-refractivity contribution in [3.63, 3.8) is 0 Å². The molecule has 1 amide bonds. The highest BCUT2D eigenvalue weighted by Gasteiger charge is 2.32. The first-order valence-electron chi connectivity index (χ1n) is 7.14. The van der Waals surface area contributed by atoms with Crippen LogP contribution < -0.4 is 0 Å². The van der Waals surface area contributed by atoms with Crippen LogP contribution in [0, 0.1) is 0 Å². The highest BCUT2D eigenvalue weighted by atomic mass is 16.6. The molecule has 0 aliphatic carbocycles. The quantitative estimate of drug-likeness (QED) is 0.638. The maximum Gasteiger partial charge on any atom is 0.410 e. The molecule has 1 aromatic rings. The molecule has 1 atom stereocenters. The van der Waals surface area contributed by atoms with Crippen LogP contribution in [0.5, 0.6) is 0 Å². The monoisotopic (exact) mass is 290 g/mol. The Bertz CT molecular complexity index is 520. The number of rotatable bonds is 1. The van der Waals surface area contributed by atoms with Gasteiger partial charge in [-0.1, -0.05) is 35.5 Å². The molecule has 2 rings (SSSR count). The number of benzene rings is 1. The summed E-state index contributed by atoms with van der Waals surface area (Å²) in [5.74, 6) is -0.0857. The van der Waals surface area contributed by atoms with Crippen LogP contribution in [0.15, 0.2) is 35.5 Å². The van der Waals surface area contributed by atoms with E-state index < -0.39 is 5.60 Å². The molecule has 114 valence electrons. The molecule has 1 aliphatic rings. The van der Waals surface area contributed by atoms with Gasteiger partial charge in [0.05, 0.1) is 5.71 Å². The van der Waals surface area contributed by atoms with E-state index in [4.69, 9.17) is 4.74 Å². The van der Waals surface area contributed by atoms with Crippen LogP contribution in [0.25, 0.3) is 0 Å². The van der Waals surface area contributed by atoms with Crippen molar-refractivity contribution in [2.24, 2.45) is 5.16 Å². The molecule has 0 aromatic heterocycles. The van der Waals surface area contributed by atoms with E-state index in [9.17, 15) is 10.0 Å². The van der Waals surface area contributed by atoms with Gasteiger partial charge in [-0.3, -0.25) is 0 Å². The molecular formula is C16H22N2O3. The average Bonchev–Trinajstić information content (AvgIpc) is 2.45. The van der Waals surface area contributed by atoms with E-state index in [0.29, 0.717) is 25.2 Å². The number of amides is 1. The van der Waals surface area contributed by atoms with Crippen molar-refractivity contribution in [2.45, 2.75) is 38.7 Å². The lowest BCUT2D eigenvalue weighted by Crippen LogP contribution is -2.45. The Morgan fingerprint density at radius 2 is 2.00 bits per heavy atom. The Morgan fingerprint density at radius 3 is 2.57 bits per heavy atom. The highest BCUT2D eigenvalue weighted by molar-refractivity contribution is 5.92. The third kappa shape index (κ3) is 3.97. The molecule has 1 aromatic carbocycles. The standard InChI is InChI=1S/C16H22N2O3/c1-16(2,3)21-15(19)18-10-9-14(17-20)13(11-18)12-7-5-4-6-8-12/h4-8,13,20H,9-11H2,1-3H3/b17-14-. The summed E-state index contributed by atoms with van der Waals surface area (Å²) >= 11 is 0. The van der Waals surface area contributed by atoms with E-state index >= 15 is 0 Å². The summed E-state index contributed by atoms with van der Waals surface area (Å²) in [4.78, 5) is 13.9. The molecule has 0 radical (unpaired) electrons. The van der Waals surface area contributed by atoms with E-state index in [0.717, 1.165) is 5.56 Å². The first-order valence-corrected chi connectivity index (χ1v) is 7.14. The summed E-state index contributed by atoms with van der Waals surface area (Å²) in [6, 6.07) is 9.78. The summed E-state index contributed by atoms with van der Waals surface area (Å²) < 4.78 is 5.41. The minimum absolute atomic E-state index is 0.0857. The Morgan fingerprint density at radius 1 is 1.33 bits per heavy atom. The van der Waals surface area contributed by atoms with Crippen molar-refractivity contribution in [1.82, 2.24) is 4.90 Å². The van der Waals surface area contributed by atoms with Gasteiger partial charge in [-0.15, -0.1) is 0 Å². The predicted octanol–water partition coefficient (Wildman–Crippen LogP) is 3.24. The van der Waals surface area contributed by atoms with E-state index in [1.807, 2.05) is 51.1 Å². The lowest BCUT2D eigenvalue weighted by atomic mass is 9.89. The fraction of sp³-hybridized carbons (Fsp3) is 0.500. The maximum absolute atomic E-state index is 12.2. The zero-order chi connectivity index (χ0) is 15.5. The Labute approximate surface area is 125 Å². The van der Waals surface area contributed by atoms with E-state index in [1.165, 1.54) is 0 Å². The Hall–Kier alpha value is -2.04. The molecule has 0 bridgehead atoms. The zero-order valence-electron chi connectivity index (χ0n) is 12.7. The first kappa shape index (κ1) is 15.4. The molecule has 5 nitrogen and oxygen atoms in total. The molecule has 0 saturated carbocycles. The van der Waals surface area contributed by atoms with Gasteiger partial charge in [0.2, 0.25) is 0 Å². The average molecular weight is 290 g/mol. The van der Waals surface area contributed by atoms with Gasteiger partial charge in [0.1, 0.15) is 5.60 Å².